The molecule has 36 heavy (non-hydrogen) atoms. The molecule has 0 saturated carbocycles. The van der Waals surface area contributed by atoms with Gasteiger partial charge in [0, 0.05) is 37.6 Å². The zero-order chi connectivity index (χ0) is 26.0. The van der Waals surface area contributed by atoms with Crippen LogP contribution in [0.3, 0.4) is 0 Å². The van der Waals surface area contributed by atoms with E-state index in [9.17, 15) is 23.1 Å². The predicted molar refractivity (Wildman–Crippen MR) is 128 cm³/mol. The first-order valence-electron chi connectivity index (χ1n) is 12.1. The van der Waals surface area contributed by atoms with E-state index >= 15 is 0 Å². The first-order chi connectivity index (χ1) is 17.1. The van der Waals surface area contributed by atoms with E-state index in [2.05, 4.69) is 9.88 Å². The molecule has 0 spiro atoms. The van der Waals surface area contributed by atoms with Crippen molar-refractivity contribution in [3.63, 3.8) is 0 Å². The van der Waals surface area contributed by atoms with Gasteiger partial charge in [0.05, 0.1) is 24.8 Å². The number of aliphatic hydroxyl groups excluding tert-OH is 1. The van der Waals surface area contributed by atoms with Gasteiger partial charge in [-0.15, -0.1) is 0 Å². The molecule has 10 heteroatoms. The van der Waals surface area contributed by atoms with E-state index in [4.69, 9.17) is 9.47 Å². The molecule has 2 fully saturated rings. The van der Waals surface area contributed by atoms with Crippen molar-refractivity contribution in [1.82, 2.24) is 9.88 Å². The molecule has 0 aliphatic carbocycles. The molecule has 0 bridgehead atoms. The molecule has 2 saturated heterocycles. The maximum absolute atomic E-state index is 13.4. The van der Waals surface area contributed by atoms with Gasteiger partial charge < -0.3 is 19.5 Å². The number of anilines is 1. The predicted octanol–water partition coefficient (Wildman–Crippen LogP) is 4.78. The van der Waals surface area contributed by atoms with Gasteiger partial charge in [-0.1, -0.05) is 11.6 Å². The van der Waals surface area contributed by atoms with Crippen molar-refractivity contribution in [1.29, 1.82) is 0 Å². The number of hydrogen-bond acceptors (Lipinski definition) is 6. The summed E-state index contributed by atoms with van der Waals surface area (Å²) in [6.07, 6.45) is -2.56. The summed E-state index contributed by atoms with van der Waals surface area (Å²) in [6.45, 7) is 7.05. The van der Waals surface area contributed by atoms with Crippen LogP contribution in [0.2, 0.25) is 0 Å². The van der Waals surface area contributed by atoms with E-state index in [-0.39, 0.29) is 19.2 Å². The molecule has 196 valence electrons. The second-order valence-corrected chi connectivity index (χ2v) is 9.56. The number of amides is 1. The molecule has 2 aromatic rings. The van der Waals surface area contributed by atoms with E-state index in [1.807, 2.05) is 13.0 Å². The lowest BCUT2D eigenvalue weighted by atomic mass is 9.98. The van der Waals surface area contributed by atoms with Gasteiger partial charge in [-0.2, -0.15) is 13.2 Å². The lowest BCUT2D eigenvalue weighted by molar-refractivity contribution is -0.137. The average Bonchev–Trinajstić information content (AvgIpc) is 3.11. The van der Waals surface area contributed by atoms with Gasteiger partial charge >= 0.3 is 12.3 Å². The number of alkyl halides is 3. The fourth-order valence-electron chi connectivity index (χ4n) is 5.05. The summed E-state index contributed by atoms with van der Waals surface area (Å²) in [4.78, 5) is 21.2. The highest BCUT2D eigenvalue weighted by Crippen LogP contribution is 2.38. The van der Waals surface area contributed by atoms with Crippen molar-refractivity contribution in [2.24, 2.45) is 0 Å². The van der Waals surface area contributed by atoms with Crippen LogP contribution in [0, 0.1) is 13.8 Å². The average molecular weight is 508 g/mol. The molecular formula is C26H32F3N3O4. The summed E-state index contributed by atoms with van der Waals surface area (Å²) >= 11 is 0. The lowest BCUT2D eigenvalue weighted by Crippen LogP contribution is -2.42. The summed E-state index contributed by atoms with van der Waals surface area (Å²) < 4.78 is 51.3. The van der Waals surface area contributed by atoms with Crippen LogP contribution in [0.25, 0.3) is 0 Å². The highest BCUT2D eigenvalue weighted by atomic mass is 19.4. The number of pyridine rings is 1. The van der Waals surface area contributed by atoms with Gasteiger partial charge in [0.15, 0.2) is 0 Å². The van der Waals surface area contributed by atoms with Crippen molar-refractivity contribution in [3.05, 3.63) is 58.3 Å². The molecule has 1 amide bonds. The number of carbonyl (C=O) groups excluding carboxylic acids is 1. The van der Waals surface area contributed by atoms with Crippen molar-refractivity contribution in [3.8, 4) is 0 Å². The quantitative estimate of drug-likeness (QED) is 0.582. The Labute approximate surface area is 208 Å². The Kier molecular flexibility index (Phi) is 7.75. The van der Waals surface area contributed by atoms with E-state index < -0.39 is 30.0 Å². The second-order valence-electron chi connectivity index (χ2n) is 9.56. The number of aromatic nitrogens is 1. The van der Waals surface area contributed by atoms with Crippen LogP contribution in [-0.2, 0) is 22.2 Å². The minimum Gasteiger partial charge on any atom is -0.439 e. The lowest BCUT2D eigenvalue weighted by Gasteiger charge is -2.36. The molecule has 2 aliphatic rings. The number of ether oxygens (including phenoxy) is 2. The summed E-state index contributed by atoms with van der Waals surface area (Å²) in [6, 6.07) is 5.36. The summed E-state index contributed by atoms with van der Waals surface area (Å²) in [5, 5.41) is 9.74. The van der Waals surface area contributed by atoms with Crippen molar-refractivity contribution in [2.75, 3.05) is 31.3 Å². The van der Waals surface area contributed by atoms with Crippen molar-refractivity contribution < 1.29 is 32.5 Å². The fourth-order valence-corrected chi connectivity index (χ4v) is 5.05. The van der Waals surface area contributed by atoms with E-state index in [1.165, 1.54) is 4.90 Å². The molecule has 4 rings (SSSR count). The minimum absolute atomic E-state index is 0.0501. The highest BCUT2D eigenvalue weighted by Gasteiger charge is 2.41. The number of rotatable bonds is 7. The first-order valence-corrected chi connectivity index (χ1v) is 12.1. The summed E-state index contributed by atoms with van der Waals surface area (Å²) in [5.74, 6) is 0.680. The van der Waals surface area contributed by atoms with E-state index in [1.54, 1.807) is 26.1 Å². The highest BCUT2D eigenvalue weighted by molar-refractivity contribution is 5.71. The van der Waals surface area contributed by atoms with Gasteiger partial charge in [-0.3, -0.25) is 4.90 Å². The third-order valence-electron chi connectivity index (χ3n) is 6.81. The van der Waals surface area contributed by atoms with Crippen LogP contribution in [0.4, 0.5) is 23.8 Å². The summed E-state index contributed by atoms with van der Waals surface area (Å²) in [5.41, 5.74) is 1.70. The number of hydrogen-bond donors (Lipinski definition) is 1. The SMILES string of the molecule is Cc1cc([C@H]2OC(=O)N(Cc3cc(C)cnc3N(CCO)C3CCOCC3)[C@H]2C)cc(C(F)(F)F)c1. The molecule has 1 aromatic carbocycles. The van der Waals surface area contributed by atoms with Crippen LogP contribution in [-0.4, -0.2) is 59.5 Å². The molecule has 1 N–H and O–H groups in total. The summed E-state index contributed by atoms with van der Waals surface area (Å²) in [7, 11) is 0. The zero-order valence-electron chi connectivity index (χ0n) is 20.7. The van der Waals surface area contributed by atoms with Crippen LogP contribution in [0.15, 0.2) is 30.5 Å². The largest absolute Gasteiger partial charge is 0.439 e. The Morgan fingerprint density at radius 2 is 1.86 bits per heavy atom. The van der Waals surface area contributed by atoms with E-state index in [0.29, 0.717) is 36.7 Å². The topological polar surface area (TPSA) is 75.1 Å². The second kappa shape index (κ2) is 10.6. The minimum atomic E-state index is -4.49. The number of aliphatic hydroxyl groups is 1. The van der Waals surface area contributed by atoms with Crippen LogP contribution >= 0.6 is 0 Å². The Morgan fingerprint density at radius 3 is 2.53 bits per heavy atom. The third kappa shape index (κ3) is 5.59. The Morgan fingerprint density at radius 1 is 1.14 bits per heavy atom. The van der Waals surface area contributed by atoms with Crippen LogP contribution < -0.4 is 4.90 Å². The molecular weight excluding hydrogens is 475 g/mol. The number of carbonyl (C=O) groups is 1. The molecule has 7 nitrogen and oxygen atoms in total. The Balaban J connectivity index is 1.62. The van der Waals surface area contributed by atoms with Crippen LogP contribution in [0.1, 0.15) is 53.7 Å². The van der Waals surface area contributed by atoms with Gasteiger partial charge in [0.2, 0.25) is 0 Å². The number of aryl methyl sites for hydroxylation is 2. The van der Waals surface area contributed by atoms with E-state index in [0.717, 1.165) is 36.1 Å². The maximum Gasteiger partial charge on any atom is 0.416 e. The Bertz CT molecular complexity index is 1090. The molecule has 2 atom stereocenters. The van der Waals surface area contributed by atoms with Gasteiger partial charge in [-0.05, 0) is 62.9 Å². The van der Waals surface area contributed by atoms with Crippen molar-refractivity contribution in [2.45, 2.75) is 64.5 Å². The third-order valence-corrected chi connectivity index (χ3v) is 6.81. The van der Waals surface area contributed by atoms with Crippen molar-refractivity contribution >= 4 is 11.9 Å². The molecule has 2 aliphatic heterocycles. The first kappa shape index (κ1) is 26.2. The monoisotopic (exact) mass is 507 g/mol. The maximum atomic E-state index is 13.4. The molecule has 0 radical (unpaired) electrons. The fraction of sp³-hybridized carbons (Fsp3) is 0.538. The molecule has 0 unspecified atom stereocenters. The standard InChI is InChI=1S/C26H32F3N3O4/c1-16-10-19(13-21(12-16)26(27,28)29)23-18(3)32(25(34)36-23)15-20-11-17(2)14-30-24(20)31(6-7-33)22-4-8-35-9-5-22/h10-14,18,22-23,33H,4-9,15H2,1-3H3/t18-,23-/m0/s1. The van der Waals surface area contributed by atoms with Gasteiger partial charge in [0.25, 0.3) is 0 Å². The zero-order valence-corrected chi connectivity index (χ0v) is 20.7. The normalized spacial score (nSPS) is 21.1. The number of halogens is 3. The number of benzene rings is 1. The smallest absolute Gasteiger partial charge is 0.416 e. The molecule has 3 heterocycles. The van der Waals surface area contributed by atoms with Gasteiger partial charge in [0.1, 0.15) is 11.9 Å². The number of nitrogens with zero attached hydrogens (tertiary/aromatic N) is 3. The molecule has 1 aromatic heterocycles. The van der Waals surface area contributed by atoms with Crippen LogP contribution in [0.5, 0.6) is 0 Å². The number of cyclic esters (lactones) is 1. The van der Waals surface area contributed by atoms with Gasteiger partial charge in [-0.25, -0.2) is 9.78 Å². The Hall–Kier alpha value is -2.85.